The van der Waals surface area contributed by atoms with E-state index in [0.717, 1.165) is 61.9 Å². The van der Waals surface area contributed by atoms with Crippen molar-refractivity contribution in [1.29, 1.82) is 0 Å². The monoisotopic (exact) mass is 457 g/mol. The first-order chi connectivity index (χ1) is 16.0. The number of aryl methyl sites for hydroxylation is 2. The highest BCUT2D eigenvalue weighted by molar-refractivity contribution is 5.32. The molecule has 0 spiro atoms. The SMILES string of the molecule is Cc1ccccc1OC[C@@H](O)CN1CCN(CCNC[C@H](O)COc2ccccc2C)CC1. The van der Waals surface area contributed by atoms with Gasteiger partial charge in [-0.2, -0.15) is 0 Å². The van der Waals surface area contributed by atoms with E-state index in [1.54, 1.807) is 0 Å². The van der Waals surface area contributed by atoms with Gasteiger partial charge in [-0.15, -0.1) is 0 Å². The summed E-state index contributed by atoms with van der Waals surface area (Å²) in [6.07, 6.45) is -1.04. The van der Waals surface area contributed by atoms with Crippen molar-refractivity contribution in [3.05, 3.63) is 59.7 Å². The molecule has 1 heterocycles. The van der Waals surface area contributed by atoms with E-state index in [1.807, 2.05) is 62.4 Å². The molecule has 1 fully saturated rings. The average molecular weight is 458 g/mol. The zero-order chi connectivity index (χ0) is 23.5. The average Bonchev–Trinajstić information content (AvgIpc) is 2.82. The summed E-state index contributed by atoms with van der Waals surface area (Å²) in [5.41, 5.74) is 2.15. The molecule has 7 nitrogen and oxygen atoms in total. The zero-order valence-electron chi connectivity index (χ0n) is 19.9. The maximum Gasteiger partial charge on any atom is 0.122 e. The Morgan fingerprint density at radius 2 is 1.30 bits per heavy atom. The second kappa shape index (κ2) is 13.5. The molecule has 2 aromatic rings. The Bertz CT molecular complexity index is 824. The minimum absolute atomic E-state index is 0.284. The molecule has 0 saturated carbocycles. The third-order valence-electron chi connectivity index (χ3n) is 5.97. The lowest BCUT2D eigenvalue weighted by Crippen LogP contribution is -2.50. The largest absolute Gasteiger partial charge is 0.491 e. The van der Waals surface area contributed by atoms with Crippen LogP contribution >= 0.6 is 0 Å². The van der Waals surface area contributed by atoms with Crippen LogP contribution in [0, 0.1) is 13.8 Å². The van der Waals surface area contributed by atoms with Crippen molar-refractivity contribution in [3.8, 4) is 11.5 Å². The van der Waals surface area contributed by atoms with Gasteiger partial charge in [-0.3, -0.25) is 9.80 Å². The van der Waals surface area contributed by atoms with Crippen LogP contribution in [0.5, 0.6) is 11.5 Å². The second-order valence-electron chi connectivity index (χ2n) is 8.81. The van der Waals surface area contributed by atoms with E-state index >= 15 is 0 Å². The lowest BCUT2D eigenvalue weighted by molar-refractivity contribution is 0.0458. The fourth-order valence-electron chi connectivity index (χ4n) is 3.92. The van der Waals surface area contributed by atoms with Gasteiger partial charge in [0.15, 0.2) is 0 Å². The molecule has 0 aliphatic carbocycles. The topological polar surface area (TPSA) is 77.4 Å². The van der Waals surface area contributed by atoms with Gasteiger partial charge in [0.1, 0.15) is 36.9 Å². The normalized spacial score (nSPS) is 17.0. The van der Waals surface area contributed by atoms with E-state index in [0.29, 0.717) is 19.7 Å². The molecule has 1 aliphatic rings. The third kappa shape index (κ3) is 8.95. The van der Waals surface area contributed by atoms with Crippen LogP contribution in [0.3, 0.4) is 0 Å². The van der Waals surface area contributed by atoms with Crippen LogP contribution in [0.1, 0.15) is 11.1 Å². The predicted octanol–water partition coefficient (Wildman–Crippen LogP) is 1.69. The Hall–Kier alpha value is -2.16. The van der Waals surface area contributed by atoms with Crippen LogP contribution in [0.4, 0.5) is 0 Å². The van der Waals surface area contributed by atoms with Crippen LogP contribution in [0.2, 0.25) is 0 Å². The summed E-state index contributed by atoms with van der Waals surface area (Å²) in [5.74, 6) is 1.65. The molecule has 0 radical (unpaired) electrons. The number of aliphatic hydroxyl groups excluding tert-OH is 2. The number of hydrogen-bond acceptors (Lipinski definition) is 7. The molecule has 2 atom stereocenters. The number of benzene rings is 2. The molecule has 3 N–H and O–H groups in total. The molecule has 7 heteroatoms. The van der Waals surface area contributed by atoms with Gasteiger partial charge in [0, 0.05) is 52.4 Å². The number of ether oxygens (including phenoxy) is 2. The molecular weight excluding hydrogens is 418 g/mol. The highest BCUT2D eigenvalue weighted by Crippen LogP contribution is 2.17. The number of para-hydroxylation sites is 2. The maximum absolute atomic E-state index is 10.4. The quantitative estimate of drug-likeness (QED) is 0.395. The van der Waals surface area contributed by atoms with Gasteiger partial charge in [0.2, 0.25) is 0 Å². The molecule has 33 heavy (non-hydrogen) atoms. The van der Waals surface area contributed by atoms with E-state index < -0.39 is 12.2 Å². The number of nitrogens with one attached hydrogen (secondary N) is 1. The van der Waals surface area contributed by atoms with Gasteiger partial charge < -0.3 is 25.0 Å². The summed E-state index contributed by atoms with van der Waals surface area (Å²) in [6, 6.07) is 15.7. The molecular formula is C26H39N3O4. The van der Waals surface area contributed by atoms with E-state index in [4.69, 9.17) is 9.47 Å². The van der Waals surface area contributed by atoms with Crippen LogP contribution < -0.4 is 14.8 Å². The molecule has 1 aliphatic heterocycles. The van der Waals surface area contributed by atoms with E-state index in [2.05, 4.69) is 15.1 Å². The molecule has 1 saturated heterocycles. The van der Waals surface area contributed by atoms with Crippen molar-refractivity contribution in [2.45, 2.75) is 26.1 Å². The van der Waals surface area contributed by atoms with Crippen molar-refractivity contribution < 1.29 is 19.7 Å². The predicted molar refractivity (Wildman–Crippen MR) is 131 cm³/mol. The lowest BCUT2D eigenvalue weighted by atomic mass is 10.2. The smallest absolute Gasteiger partial charge is 0.122 e. The van der Waals surface area contributed by atoms with Crippen molar-refractivity contribution in [2.24, 2.45) is 0 Å². The first-order valence-electron chi connectivity index (χ1n) is 11.9. The molecule has 182 valence electrons. The fraction of sp³-hybridized carbons (Fsp3) is 0.538. The molecule has 3 rings (SSSR count). The van der Waals surface area contributed by atoms with E-state index in [9.17, 15) is 10.2 Å². The molecule has 0 aromatic heterocycles. The van der Waals surface area contributed by atoms with Crippen molar-refractivity contribution in [1.82, 2.24) is 15.1 Å². The molecule has 0 bridgehead atoms. The first-order valence-corrected chi connectivity index (χ1v) is 11.9. The maximum atomic E-state index is 10.4. The van der Waals surface area contributed by atoms with Gasteiger partial charge in [-0.25, -0.2) is 0 Å². The van der Waals surface area contributed by atoms with Gasteiger partial charge in [-0.1, -0.05) is 36.4 Å². The number of aliphatic hydroxyl groups is 2. The third-order valence-corrected chi connectivity index (χ3v) is 5.97. The van der Waals surface area contributed by atoms with Crippen LogP contribution in [-0.2, 0) is 0 Å². The molecule has 2 aromatic carbocycles. The lowest BCUT2D eigenvalue weighted by Gasteiger charge is -2.35. The number of hydrogen-bond donors (Lipinski definition) is 3. The summed E-state index contributed by atoms with van der Waals surface area (Å²) in [4.78, 5) is 4.71. The Labute approximate surface area is 197 Å². The summed E-state index contributed by atoms with van der Waals surface area (Å²) in [5, 5.41) is 23.8. The van der Waals surface area contributed by atoms with Crippen LogP contribution in [0.15, 0.2) is 48.5 Å². The minimum atomic E-state index is -0.537. The number of rotatable bonds is 13. The Balaban J connectivity index is 1.22. The van der Waals surface area contributed by atoms with Crippen LogP contribution in [0.25, 0.3) is 0 Å². The highest BCUT2D eigenvalue weighted by atomic mass is 16.5. The zero-order valence-corrected chi connectivity index (χ0v) is 19.9. The van der Waals surface area contributed by atoms with Crippen LogP contribution in [-0.4, -0.2) is 97.8 Å². The fourth-order valence-corrected chi connectivity index (χ4v) is 3.92. The summed E-state index contributed by atoms with van der Waals surface area (Å²) in [6.45, 7) is 11.4. The summed E-state index contributed by atoms with van der Waals surface area (Å²) >= 11 is 0. The van der Waals surface area contributed by atoms with E-state index in [1.165, 1.54) is 0 Å². The standard InChI is InChI=1S/C26H39N3O4/c1-21-7-3-5-9-25(21)32-19-23(30)17-27-11-12-28-13-15-29(16-14-28)18-24(31)20-33-26-10-6-4-8-22(26)2/h3-10,23-24,27,30-31H,11-20H2,1-2H3/t23-,24-/m0/s1. The van der Waals surface area contributed by atoms with Gasteiger partial charge in [0.25, 0.3) is 0 Å². The van der Waals surface area contributed by atoms with Crippen molar-refractivity contribution in [3.63, 3.8) is 0 Å². The number of piperazine rings is 1. The first kappa shape index (κ1) is 25.5. The van der Waals surface area contributed by atoms with Crippen molar-refractivity contribution >= 4 is 0 Å². The molecule has 0 unspecified atom stereocenters. The van der Waals surface area contributed by atoms with Gasteiger partial charge in [-0.05, 0) is 37.1 Å². The van der Waals surface area contributed by atoms with E-state index in [-0.39, 0.29) is 6.61 Å². The highest BCUT2D eigenvalue weighted by Gasteiger charge is 2.19. The van der Waals surface area contributed by atoms with Gasteiger partial charge in [0.05, 0.1) is 0 Å². The Morgan fingerprint density at radius 3 is 1.88 bits per heavy atom. The van der Waals surface area contributed by atoms with Gasteiger partial charge >= 0.3 is 0 Å². The molecule has 0 amide bonds. The Morgan fingerprint density at radius 1 is 0.788 bits per heavy atom. The van der Waals surface area contributed by atoms with Crippen molar-refractivity contribution in [2.75, 3.05) is 65.6 Å². The Kier molecular flexibility index (Phi) is 10.4. The summed E-state index contributed by atoms with van der Waals surface area (Å²) in [7, 11) is 0. The minimum Gasteiger partial charge on any atom is -0.491 e. The second-order valence-corrected chi connectivity index (χ2v) is 8.81. The summed E-state index contributed by atoms with van der Waals surface area (Å²) < 4.78 is 11.5. The number of β-amino-alcohol motifs (C(OH)–C–C–N with tert-alkyl or cyclic N) is 1. The number of nitrogens with zero attached hydrogens (tertiary/aromatic N) is 2.